The van der Waals surface area contributed by atoms with E-state index in [2.05, 4.69) is 10.3 Å². The predicted octanol–water partition coefficient (Wildman–Crippen LogP) is 7.40. The van der Waals surface area contributed by atoms with E-state index in [1.165, 1.54) is 60.2 Å². The molecule has 4 aromatic carbocycles. The summed E-state index contributed by atoms with van der Waals surface area (Å²) in [7, 11) is -2.40. The molecule has 0 aliphatic rings. The van der Waals surface area contributed by atoms with Gasteiger partial charge in [-0.3, -0.25) is 24.0 Å². The van der Waals surface area contributed by atoms with Crippen molar-refractivity contribution in [3.8, 4) is 17.2 Å². The van der Waals surface area contributed by atoms with Crippen LogP contribution in [-0.2, 0) is 20.2 Å². The van der Waals surface area contributed by atoms with Gasteiger partial charge in [0.2, 0.25) is 0 Å². The summed E-state index contributed by atoms with van der Waals surface area (Å²) in [4.78, 5) is 28.9. The van der Waals surface area contributed by atoms with Crippen molar-refractivity contribution in [1.82, 2.24) is 9.55 Å². The van der Waals surface area contributed by atoms with Gasteiger partial charge in [0.25, 0.3) is 11.2 Å². The highest BCUT2D eigenvalue weighted by Crippen LogP contribution is 2.61. The van der Waals surface area contributed by atoms with Crippen molar-refractivity contribution in [3.05, 3.63) is 129 Å². The monoisotopic (exact) mass is 662 g/mol. The molecule has 1 N–H and O–H groups in total. The molecule has 0 spiro atoms. The zero-order valence-corrected chi connectivity index (χ0v) is 26.7. The SMILES string of the molecule is CCOP(=O)(OCC)C(Nc1ccc([N+](=O)[O-])cc1)c1ccc(OCc2nc3ccccc3c(=O)n2-c2ccc(F)cc2)c(OC)c1. The maximum absolute atomic E-state index is 14.1. The molecule has 47 heavy (non-hydrogen) atoms. The van der Waals surface area contributed by atoms with Gasteiger partial charge in [-0.15, -0.1) is 0 Å². The molecule has 0 radical (unpaired) electrons. The Bertz CT molecular complexity index is 1980. The van der Waals surface area contributed by atoms with Gasteiger partial charge in [0.1, 0.15) is 12.4 Å². The van der Waals surface area contributed by atoms with Gasteiger partial charge < -0.3 is 23.8 Å². The van der Waals surface area contributed by atoms with Crippen LogP contribution in [0.3, 0.4) is 0 Å². The smallest absolute Gasteiger partial charge is 0.357 e. The molecule has 0 fully saturated rings. The van der Waals surface area contributed by atoms with Crippen molar-refractivity contribution in [2.75, 3.05) is 25.6 Å². The number of rotatable bonds is 14. The van der Waals surface area contributed by atoms with Crippen molar-refractivity contribution >= 4 is 29.9 Å². The number of aromatic nitrogens is 2. The van der Waals surface area contributed by atoms with E-state index in [-0.39, 0.29) is 42.6 Å². The summed E-state index contributed by atoms with van der Waals surface area (Å²) in [6, 6.07) is 22.9. The van der Waals surface area contributed by atoms with Crippen LogP contribution in [-0.4, -0.2) is 34.8 Å². The molecular formula is C33H32FN4O8P. The number of hydrogen-bond donors (Lipinski definition) is 1. The van der Waals surface area contributed by atoms with Gasteiger partial charge >= 0.3 is 7.60 Å². The molecule has 0 saturated heterocycles. The fourth-order valence-electron chi connectivity index (χ4n) is 4.98. The van der Waals surface area contributed by atoms with Crippen LogP contribution < -0.4 is 20.3 Å². The van der Waals surface area contributed by atoms with E-state index >= 15 is 0 Å². The average Bonchev–Trinajstić information content (AvgIpc) is 3.07. The van der Waals surface area contributed by atoms with Crippen LogP contribution in [0, 0.1) is 15.9 Å². The van der Waals surface area contributed by atoms with Crippen molar-refractivity contribution in [3.63, 3.8) is 0 Å². The van der Waals surface area contributed by atoms with E-state index in [9.17, 15) is 23.9 Å². The first-order valence-electron chi connectivity index (χ1n) is 14.6. The van der Waals surface area contributed by atoms with Crippen LogP contribution in [0.15, 0.2) is 95.8 Å². The second kappa shape index (κ2) is 14.5. The number of halogens is 1. The lowest BCUT2D eigenvalue weighted by atomic mass is 10.2. The number of nitro benzene ring substituents is 1. The Balaban J connectivity index is 1.51. The molecule has 1 unspecified atom stereocenters. The van der Waals surface area contributed by atoms with Crippen LogP contribution in [0.2, 0.25) is 0 Å². The molecule has 5 aromatic rings. The van der Waals surface area contributed by atoms with E-state index < -0.39 is 24.1 Å². The number of nitrogens with one attached hydrogen (secondary N) is 1. The summed E-state index contributed by atoms with van der Waals surface area (Å²) in [6.45, 7) is 3.43. The third kappa shape index (κ3) is 7.33. The number of methoxy groups -OCH3 is 1. The van der Waals surface area contributed by atoms with Crippen molar-refractivity contribution in [1.29, 1.82) is 0 Å². The lowest BCUT2D eigenvalue weighted by molar-refractivity contribution is -0.384. The summed E-state index contributed by atoms with van der Waals surface area (Å²) in [5, 5.41) is 14.7. The Labute approximate surface area is 269 Å². The average molecular weight is 663 g/mol. The summed E-state index contributed by atoms with van der Waals surface area (Å²) >= 11 is 0. The summed E-state index contributed by atoms with van der Waals surface area (Å²) in [5.41, 5.74) is 1.35. The number of ether oxygens (including phenoxy) is 2. The summed E-state index contributed by atoms with van der Waals surface area (Å²) in [6.07, 6.45) is 0. The number of hydrogen-bond acceptors (Lipinski definition) is 10. The summed E-state index contributed by atoms with van der Waals surface area (Å²) < 4.78 is 52.3. The largest absolute Gasteiger partial charge is 0.493 e. The maximum Gasteiger partial charge on any atom is 0.357 e. The molecule has 0 aliphatic heterocycles. The van der Waals surface area contributed by atoms with Gasteiger partial charge in [-0.2, -0.15) is 0 Å². The topological polar surface area (TPSA) is 144 Å². The van der Waals surface area contributed by atoms with Crippen molar-refractivity contribution in [2.45, 2.75) is 26.2 Å². The molecule has 14 heteroatoms. The molecule has 0 amide bonds. The minimum Gasteiger partial charge on any atom is -0.493 e. The summed E-state index contributed by atoms with van der Waals surface area (Å²) in [5.74, 6) is -0.646. The second-order valence-corrected chi connectivity index (χ2v) is 12.2. The number of anilines is 1. The lowest BCUT2D eigenvalue weighted by Crippen LogP contribution is -2.25. The number of non-ortho nitro benzene ring substituents is 1. The van der Waals surface area contributed by atoms with Crippen LogP contribution in [0.4, 0.5) is 15.8 Å². The minimum absolute atomic E-state index is 0.0983. The number of nitro groups is 1. The molecule has 1 aromatic heterocycles. The first kappa shape index (κ1) is 33.3. The second-order valence-electron chi connectivity index (χ2n) is 10.1. The van der Waals surface area contributed by atoms with Gasteiger partial charge in [-0.1, -0.05) is 18.2 Å². The number of para-hydroxylation sites is 1. The third-order valence-electron chi connectivity index (χ3n) is 7.11. The highest BCUT2D eigenvalue weighted by molar-refractivity contribution is 7.54. The normalized spacial score (nSPS) is 12.1. The highest BCUT2D eigenvalue weighted by Gasteiger charge is 2.38. The Hall–Kier alpha value is -5.10. The Morgan fingerprint density at radius 3 is 2.28 bits per heavy atom. The Kier molecular flexibility index (Phi) is 10.3. The molecule has 1 heterocycles. The van der Waals surface area contributed by atoms with Gasteiger partial charge in [-0.25, -0.2) is 9.37 Å². The first-order valence-corrected chi connectivity index (χ1v) is 16.3. The van der Waals surface area contributed by atoms with Crippen LogP contribution >= 0.6 is 7.60 Å². The maximum atomic E-state index is 14.1. The zero-order chi connectivity index (χ0) is 33.6. The fourth-order valence-corrected chi connectivity index (χ4v) is 6.90. The fraction of sp³-hybridized carbons (Fsp3) is 0.212. The molecule has 5 rings (SSSR count). The molecule has 12 nitrogen and oxygen atoms in total. The van der Waals surface area contributed by atoms with Gasteiger partial charge in [-0.05, 0) is 80.1 Å². The van der Waals surface area contributed by atoms with E-state index in [1.807, 2.05) is 0 Å². The van der Waals surface area contributed by atoms with Gasteiger partial charge in [0.05, 0.1) is 41.8 Å². The standard InChI is InChI=1S/C33H32FN4O8P/c1-4-45-47(42,46-5-2)32(35-24-13-17-26(18-14-24)38(40)41)22-10-19-29(30(20-22)43-3)44-21-31-36-28-9-7-6-8-27(28)33(39)37(31)25-15-11-23(34)12-16-25/h6-20,32,35H,4-5,21H2,1-3H3. The van der Waals surface area contributed by atoms with E-state index in [1.54, 1.807) is 56.3 Å². The Morgan fingerprint density at radius 2 is 1.64 bits per heavy atom. The minimum atomic E-state index is -3.85. The van der Waals surface area contributed by atoms with Crippen LogP contribution in [0.25, 0.3) is 16.6 Å². The molecular weight excluding hydrogens is 630 g/mol. The quantitative estimate of drug-likeness (QED) is 0.0726. The van der Waals surface area contributed by atoms with Crippen molar-refractivity contribution < 1.29 is 32.4 Å². The van der Waals surface area contributed by atoms with E-state index in [0.29, 0.717) is 33.6 Å². The van der Waals surface area contributed by atoms with E-state index in [0.717, 1.165) is 0 Å². The molecule has 244 valence electrons. The third-order valence-corrected chi connectivity index (χ3v) is 9.40. The lowest BCUT2D eigenvalue weighted by Gasteiger charge is -2.28. The number of benzene rings is 4. The number of nitrogens with zero attached hydrogens (tertiary/aromatic N) is 3. The van der Waals surface area contributed by atoms with Crippen molar-refractivity contribution in [2.24, 2.45) is 0 Å². The predicted molar refractivity (Wildman–Crippen MR) is 175 cm³/mol. The van der Waals surface area contributed by atoms with Gasteiger partial charge in [0.15, 0.2) is 23.1 Å². The first-order chi connectivity index (χ1) is 22.7. The van der Waals surface area contributed by atoms with Crippen LogP contribution in [0.5, 0.6) is 11.5 Å². The molecule has 1 atom stereocenters. The highest BCUT2D eigenvalue weighted by atomic mass is 31.2. The molecule has 0 saturated carbocycles. The van der Waals surface area contributed by atoms with Gasteiger partial charge in [0, 0.05) is 17.8 Å². The zero-order valence-electron chi connectivity index (χ0n) is 25.8. The molecule has 0 aliphatic carbocycles. The van der Waals surface area contributed by atoms with Crippen LogP contribution in [0.1, 0.15) is 31.0 Å². The van der Waals surface area contributed by atoms with E-state index in [4.69, 9.17) is 18.5 Å². The number of fused-ring (bicyclic) bond motifs is 1. The Morgan fingerprint density at radius 1 is 0.957 bits per heavy atom. The molecule has 0 bridgehead atoms.